The number of thiazole rings is 1. The third kappa shape index (κ3) is 5.12. The summed E-state index contributed by atoms with van der Waals surface area (Å²) in [4.78, 5) is 17.1. The van der Waals surface area contributed by atoms with Crippen molar-refractivity contribution >= 4 is 44.0 Å². The molecular formula is C22H26N4O2S. The van der Waals surface area contributed by atoms with Crippen molar-refractivity contribution in [2.24, 2.45) is 5.10 Å². The van der Waals surface area contributed by atoms with Crippen molar-refractivity contribution in [3.05, 3.63) is 47.0 Å². The van der Waals surface area contributed by atoms with E-state index in [1.807, 2.05) is 58.0 Å². The highest BCUT2D eigenvalue weighted by Gasteiger charge is 2.15. The molecule has 0 saturated carbocycles. The van der Waals surface area contributed by atoms with Gasteiger partial charge in [0.15, 0.2) is 6.61 Å². The first-order valence-corrected chi connectivity index (χ1v) is 10.4. The lowest BCUT2D eigenvalue weighted by Gasteiger charge is -2.13. The van der Waals surface area contributed by atoms with Gasteiger partial charge in [0.05, 0.1) is 10.2 Å². The van der Waals surface area contributed by atoms with Gasteiger partial charge in [0, 0.05) is 11.4 Å². The van der Waals surface area contributed by atoms with Crippen LogP contribution in [0, 0.1) is 20.8 Å². The number of aromatic nitrogens is 1. The summed E-state index contributed by atoms with van der Waals surface area (Å²) in [5.74, 6) is 0.494. The number of aryl methyl sites for hydroxylation is 3. The van der Waals surface area contributed by atoms with Crippen LogP contribution in [0.4, 0.5) is 10.8 Å². The molecule has 0 radical (unpaired) electrons. The van der Waals surface area contributed by atoms with E-state index in [0.29, 0.717) is 5.75 Å². The minimum atomic E-state index is -0.192. The molecule has 0 aliphatic heterocycles. The standard InChI is InChI=1S/C22H26N4O2S/c1-6-15(4)25-26-22-23-18-11-14(3)20(16(5)21(18)29-22)24-19(27)12-28-17-9-7-8-13(2)10-17/h7-11H,6,12H2,1-5H3,(H,23,26)(H,24,27)/b25-15-. The molecule has 2 aromatic carbocycles. The number of carbonyl (C=O) groups is 1. The number of nitrogens with zero attached hydrogens (tertiary/aromatic N) is 2. The summed E-state index contributed by atoms with van der Waals surface area (Å²) in [6, 6.07) is 9.63. The lowest BCUT2D eigenvalue weighted by molar-refractivity contribution is -0.118. The van der Waals surface area contributed by atoms with Crippen molar-refractivity contribution in [2.75, 3.05) is 17.3 Å². The van der Waals surface area contributed by atoms with E-state index in [0.717, 1.165) is 49.9 Å². The Kier molecular flexibility index (Phi) is 6.49. The molecule has 1 heterocycles. The van der Waals surface area contributed by atoms with Crippen LogP contribution < -0.4 is 15.5 Å². The molecule has 7 heteroatoms. The number of hydrogen-bond acceptors (Lipinski definition) is 6. The molecule has 0 fully saturated rings. The van der Waals surface area contributed by atoms with Gasteiger partial charge in [-0.3, -0.25) is 10.2 Å². The van der Waals surface area contributed by atoms with Crippen molar-refractivity contribution in [3.63, 3.8) is 0 Å². The van der Waals surface area contributed by atoms with Crippen molar-refractivity contribution in [2.45, 2.75) is 41.0 Å². The normalized spacial score (nSPS) is 11.6. The highest BCUT2D eigenvalue weighted by Crippen LogP contribution is 2.35. The largest absolute Gasteiger partial charge is 0.484 e. The molecule has 0 bridgehead atoms. The number of ether oxygens (including phenoxy) is 1. The summed E-state index contributed by atoms with van der Waals surface area (Å²) in [6.45, 7) is 9.94. The smallest absolute Gasteiger partial charge is 0.262 e. The van der Waals surface area contributed by atoms with Gasteiger partial charge in [-0.05, 0) is 69.0 Å². The van der Waals surface area contributed by atoms with E-state index >= 15 is 0 Å². The number of rotatable bonds is 7. The van der Waals surface area contributed by atoms with Gasteiger partial charge < -0.3 is 10.1 Å². The summed E-state index contributed by atoms with van der Waals surface area (Å²) in [5.41, 5.74) is 8.78. The van der Waals surface area contributed by atoms with Crippen LogP contribution in [0.2, 0.25) is 0 Å². The third-order valence-electron chi connectivity index (χ3n) is 4.59. The van der Waals surface area contributed by atoms with Crippen molar-refractivity contribution in [1.82, 2.24) is 4.98 Å². The van der Waals surface area contributed by atoms with Crippen molar-refractivity contribution < 1.29 is 9.53 Å². The van der Waals surface area contributed by atoms with E-state index in [4.69, 9.17) is 4.74 Å². The number of hydrazone groups is 1. The monoisotopic (exact) mass is 410 g/mol. The molecule has 0 unspecified atom stereocenters. The first-order valence-electron chi connectivity index (χ1n) is 9.56. The Labute approximate surface area is 175 Å². The van der Waals surface area contributed by atoms with Gasteiger partial charge in [0.1, 0.15) is 5.75 Å². The van der Waals surface area contributed by atoms with E-state index in [-0.39, 0.29) is 12.5 Å². The summed E-state index contributed by atoms with van der Waals surface area (Å²) >= 11 is 1.53. The second-order valence-electron chi connectivity index (χ2n) is 7.03. The number of amides is 1. The molecule has 0 aliphatic carbocycles. The van der Waals surface area contributed by atoms with E-state index in [9.17, 15) is 4.79 Å². The maximum Gasteiger partial charge on any atom is 0.262 e. The predicted molar refractivity (Wildman–Crippen MR) is 121 cm³/mol. The van der Waals surface area contributed by atoms with Crippen LogP contribution in [0.15, 0.2) is 35.4 Å². The minimum absolute atomic E-state index is 0.0408. The number of nitrogens with one attached hydrogen (secondary N) is 2. The fourth-order valence-corrected chi connectivity index (χ4v) is 3.77. The molecule has 1 aromatic heterocycles. The molecule has 1 amide bonds. The summed E-state index contributed by atoms with van der Waals surface area (Å²) in [5, 5.41) is 8.05. The number of anilines is 2. The molecule has 0 saturated heterocycles. The zero-order chi connectivity index (χ0) is 21.0. The highest BCUT2D eigenvalue weighted by molar-refractivity contribution is 7.22. The fraction of sp³-hybridized carbons (Fsp3) is 0.318. The van der Waals surface area contributed by atoms with E-state index < -0.39 is 0 Å². The Morgan fingerprint density at radius 1 is 1.24 bits per heavy atom. The maximum absolute atomic E-state index is 12.4. The molecule has 0 atom stereocenters. The third-order valence-corrected chi connectivity index (χ3v) is 5.69. The molecule has 6 nitrogen and oxygen atoms in total. The van der Waals surface area contributed by atoms with E-state index in [1.54, 1.807) is 0 Å². The van der Waals surface area contributed by atoms with Crippen LogP contribution in [-0.2, 0) is 4.79 Å². The SMILES string of the molecule is CC/C(C)=N\Nc1nc2cc(C)c(NC(=O)COc3cccc(C)c3)c(C)c2s1. The van der Waals surface area contributed by atoms with Gasteiger partial charge >= 0.3 is 0 Å². The predicted octanol–water partition coefficient (Wildman–Crippen LogP) is 5.44. The quantitative estimate of drug-likeness (QED) is 0.402. The Hall–Kier alpha value is -2.93. The first kappa shape index (κ1) is 20.8. The zero-order valence-corrected chi connectivity index (χ0v) is 18.2. The van der Waals surface area contributed by atoms with Crippen LogP contribution >= 0.6 is 11.3 Å². The van der Waals surface area contributed by atoms with Gasteiger partial charge in [-0.15, -0.1) is 0 Å². The Morgan fingerprint density at radius 2 is 2.03 bits per heavy atom. The van der Waals surface area contributed by atoms with Crippen molar-refractivity contribution in [3.8, 4) is 5.75 Å². The van der Waals surface area contributed by atoms with Crippen molar-refractivity contribution in [1.29, 1.82) is 0 Å². The second kappa shape index (κ2) is 9.05. The number of carbonyl (C=O) groups excluding carboxylic acids is 1. The summed E-state index contributed by atoms with van der Waals surface area (Å²) < 4.78 is 6.64. The Bertz CT molecular complexity index is 1070. The van der Waals surface area contributed by atoms with Crippen LogP contribution in [0.25, 0.3) is 10.2 Å². The average molecular weight is 411 g/mol. The van der Waals surface area contributed by atoms with Crippen LogP contribution in [0.5, 0.6) is 5.75 Å². The van der Waals surface area contributed by atoms with Gasteiger partial charge in [0.25, 0.3) is 5.91 Å². The molecule has 29 heavy (non-hydrogen) atoms. The van der Waals surface area contributed by atoms with E-state index in [1.165, 1.54) is 11.3 Å². The van der Waals surface area contributed by atoms with Gasteiger partial charge in [-0.2, -0.15) is 5.10 Å². The zero-order valence-electron chi connectivity index (χ0n) is 17.4. The molecule has 0 aliphatic rings. The van der Waals surface area contributed by atoms with Crippen LogP contribution in [0.3, 0.4) is 0 Å². The lowest BCUT2D eigenvalue weighted by atomic mass is 10.1. The Balaban J connectivity index is 1.75. The van der Waals surface area contributed by atoms with Crippen LogP contribution in [-0.4, -0.2) is 23.2 Å². The molecule has 3 rings (SSSR count). The topological polar surface area (TPSA) is 75.6 Å². The lowest BCUT2D eigenvalue weighted by Crippen LogP contribution is -2.21. The number of fused-ring (bicyclic) bond motifs is 1. The highest BCUT2D eigenvalue weighted by atomic mass is 32.1. The van der Waals surface area contributed by atoms with Gasteiger partial charge in [-0.1, -0.05) is 30.4 Å². The molecule has 152 valence electrons. The number of benzene rings is 2. The Morgan fingerprint density at radius 3 is 2.76 bits per heavy atom. The summed E-state index contributed by atoms with van der Waals surface area (Å²) in [6.07, 6.45) is 0.886. The molecule has 0 spiro atoms. The minimum Gasteiger partial charge on any atom is -0.484 e. The maximum atomic E-state index is 12.4. The average Bonchev–Trinajstić information content (AvgIpc) is 3.10. The second-order valence-corrected chi connectivity index (χ2v) is 8.03. The first-order chi connectivity index (χ1) is 13.9. The fourth-order valence-electron chi connectivity index (χ4n) is 2.88. The molecule has 3 aromatic rings. The van der Waals surface area contributed by atoms with Gasteiger partial charge in [0.2, 0.25) is 5.13 Å². The van der Waals surface area contributed by atoms with Gasteiger partial charge in [-0.25, -0.2) is 4.98 Å². The van der Waals surface area contributed by atoms with E-state index in [2.05, 4.69) is 27.8 Å². The summed E-state index contributed by atoms with van der Waals surface area (Å²) in [7, 11) is 0. The van der Waals surface area contributed by atoms with Crippen LogP contribution in [0.1, 0.15) is 37.0 Å². The number of hydrogen-bond donors (Lipinski definition) is 2. The molecule has 2 N–H and O–H groups in total. The molecular weight excluding hydrogens is 384 g/mol.